The van der Waals surface area contributed by atoms with E-state index in [2.05, 4.69) is 5.10 Å². The molecule has 0 unspecified atom stereocenters. The monoisotopic (exact) mass is 270 g/mol. The average molecular weight is 270 g/mol. The zero-order valence-electron chi connectivity index (χ0n) is 9.48. The highest BCUT2D eigenvalue weighted by Crippen LogP contribution is 2.29. The smallest absolute Gasteiger partial charge is 0.396 e. The summed E-state index contributed by atoms with van der Waals surface area (Å²) in [6.45, 7) is 0. The Morgan fingerprint density at radius 3 is 2.47 bits per heavy atom. The lowest BCUT2D eigenvalue weighted by Crippen LogP contribution is -2.15. The number of rotatable bonds is 2. The minimum atomic E-state index is -4.54. The predicted octanol–water partition coefficient (Wildman–Crippen LogP) is 1.57. The van der Waals surface area contributed by atoms with Crippen molar-refractivity contribution in [2.24, 2.45) is 5.73 Å². The molecule has 4 N–H and O–H groups in total. The van der Waals surface area contributed by atoms with Gasteiger partial charge in [-0.15, -0.1) is 0 Å². The second-order valence-electron chi connectivity index (χ2n) is 3.75. The second kappa shape index (κ2) is 4.30. The lowest BCUT2D eigenvalue weighted by Gasteiger charge is -2.09. The van der Waals surface area contributed by atoms with Crippen molar-refractivity contribution in [2.45, 2.75) is 6.18 Å². The van der Waals surface area contributed by atoms with Crippen LogP contribution < -0.4 is 11.5 Å². The van der Waals surface area contributed by atoms with Crippen LogP contribution in [0.1, 0.15) is 16.1 Å². The van der Waals surface area contributed by atoms with E-state index in [1.165, 1.54) is 18.2 Å². The number of anilines is 1. The molecule has 0 saturated carbocycles. The number of nitrogen functional groups attached to an aromatic ring is 1. The molecule has 0 aliphatic heterocycles. The molecule has 0 saturated heterocycles. The van der Waals surface area contributed by atoms with Gasteiger partial charge in [-0.1, -0.05) is 6.07 Å². The maximum absolute atomic E-state index is 12.4. The zero-order valence-corrected chi connectivity index (χ0v) is 9.48. The Labute approximate surface area is 105 Å². The number of hydrogen-bond donors (Lipinski definition) is 2. The Kier molecular flexibility index (Phi) is 2.93. The number of benzene rings is 1. The number of alkyl halides is 3. The first-order valence-electron chi connectivity index (χ1n) is 5.12. The largest absolute Gasteiger partial charge is 0.435 e. The maximum atomic E-state index is 12.4. The van der Waals surface area contributed by atoms with Gasteiger partial charge in [0.1, 0.15) is 0 Å². The summed E-state index contributed by atoms with van der Waals surface area (Å²) in [5.41, 5.74) is 9.92. The fourth-order valence-electron chi connectivity index (χ4n) is 1.58. The SMILES string of the molecule is NC(=O)c1cccc(-n2ccc(C(F)(F)F)n2)c1N. The van der Waals surface area contributed by atoms with Crippen LogP contribution in [-0.2, 0) is 6.18 Å². The van der Waals surface area contributed by atoms with Crippen LogP contribution in [0, 0.1) is 0 Å². The molecule has 1 amide bonds. The van der Waals surface area contributed by atoms with E-state index in [1.54, 1.807) is 0 Å². The summed E-state index contributed by atoms with van der Waals surface area (Å²) in [6, 6.07) is 5.10. The predicted molar refractivity (Wildman–Crippen MR) is 61.5 cm³/mol. The van der Waals surface area contributed by atoms with E-state index in [0.29, 0.717) is 0 Å². The highest BCUT2D eigenvalue weighted by atomic mass is 19.4. The number of amides is 1. The van der Waals surface area contributed by atoms with Gasteiger partial charge in [-0.2, -0.15) is 18.3 Å². The van der Waals surface area contributed by atoms with Crippen LogP contribution >= 0.6 is 0 Å². The van der Waals surface area contributed by atoms with E-state index in [9.17, 15) is 18.0 Å². The molecule has 0 aliphatic carbocycles. The van der Waals surface area contributed by atoms with Crippen molar-refractivity contribution in [1.29, 1.82) is 0 Å². The quantitative estimate of drug-likeness (QED) is 0.812. The van der Waals surface area contributed by atoms with Gasteiger partial charge in [0.2, 0.25) is 0 Å². The molecule has 100 valence electrons. The molecule has 0 bridgehead atoms. The normalized spacial score (nSPS) is 11.5. The summed E-state index contributed by atoms with van der Waals surface area (Å²) < 4.78 is 38.3. The zero-order chi connectivity index (χ0) is 14.2. The minimum absolute atomic E-state index is 0.0215. The second-order valence-corrected chi connectivity index (χ2v) is 3.75. The molecule has 0 atom stereocenters. The summed E-state index contributed by atoms with van der Waals surface area (Å²) in [5, 5.41) is 3.37. The molecular formula is C11H9F3N4O. The van der Waals surface area contributed by atoms with Crippen molar-refractivity contribution in [1.82, 2.24) is 9.78 Å². The Hall–Kier alpha value is -2.51. The molecule has 1 heterocycles. The lowest BCUT2D eigenvalue weighted by atomic mass is 10.1. The van der Waals surface area contributed by atoms with Crippen molar-refractivity contribution in [3.05, 3.63) is 41.7 Å². The summed E-state index contributed by atoms with van der Waals surface area (Å²) in [7, 11) is 0. The lowest BCUT2D eigenvalue weighted by molar-refractivity contribution is -0.141. The van der Waals surface area contributed by atoms with Gasteiger partial charge in [-0.25, -0.2) is 4.68 Å². The van der Waals surface area contributed by atoms with Crippen LogP contribution in [0.15, 0.2) is 30.5 Å². The molecule has 0 spiro atoms. The van der Waals surface area contributed by atoms with Crippen LogP contribution in [0.3, 0.4) is 0 Å². The van der Waals surface area contributed by atoms with E-state index in [4.69, 9.17) is 11.5 Å². The highest BCUT2D eigenvalue weighted by Gasteiger charge is 2.33. The number of nitrogens with two attached hydrogens (primary N) is 2. The Morgan fingerprint density at radius 2 is 1.95 bits per heavy atom. The Balaban J connectivity index is 2.51. The maximum Gasteiger partial charge on any atom is 0.435 e. The summed E-state index contributed by atoms with van der Waals surface area (Å²) >= 11 is 0. The number of aromatic nitrogens is 2. The van der Waals surface area contributed by atoms with Gasteiger partial charge in [-0.3, -0.25) is 4.79 Å². The van der Waals surface area contributed by atoms with E-state index >= 15 is 0 Å². The molecule has 1 aromatic heterocycles. The number of hydrogen-bond acceptors (Lipinski definition) is 3. The number of nitrogens with zero attached hydrogens (tertiary/aromatic N) is 2. The molecule has 1 aromatic carbocycles. The third-order valence-corrected chi connectivity index (χ3v) is 2.47. The molecule has 0 fully saturated rings. The van der Waals surface area contributed by atoms with E-state index < -0.39 is 17.8 Å². The van der Waals surface area contributed by atoms with Crippen molar-refractivity contribution < 1.29 is 18.0 Å². The van der Waals surface area contributed by atoms with Crippen LogP contribution in [-0.4, -0.2) is 15.7 Å². The van der Waals surface area contributed by atoms with E-state index in [0.717, 1.165) is 16.9 Å². The van der Waals surface area contributed by atoms with Gasteiger partial charge < -0.3 is 11.5 Å². The van der Waals surface area contributed by atoms with Crippen LogP contribution in [0.5, 0.6) is 0 Å². The summed E-state index contributed by atoms with van der Waals surface area (Å²) in [5.74, 6) is -0.762. The fourth-order valence-corrected chi connectivity index (χ4v) is 1.58. The first-order chi connectivity index (χ1) is 8.80. The standard InChI is InChI=1S/C11H9F3N4O/c12-11(13,14)8-4-5-18(17-8)7-3-1-2-6(9(7)15)10(16)19/h1-5H,15H2,(H2,16,19). The van der Waals surface area contributed by atoms with Crippen LogP contribution in [0.25, 0.3) is 5.69 Å². The van der Waals surface area contributed by atoms with E-state index in [-0.39, 0.29) is 16.9 Å². The van der Waals surface area contributed by atoms with Crippen molar-refractivity contribution >= 4 is 11.6 Å². The number of primary amides is 1. The summed E-state index contributed by atoms with van der Waals surface area (Å²) in [4.78, 5) is 11.1. The molecular weight excluding hydrogens is 261 g/mol. The first-order valence-corrected chi connectivity index (χ1v) is 5.12. The Bertz CT molecular complexity index is 633. The molecule has 5 nitrogen and oxygen atoms in total. The van der Waals surface area contributed by atoms with Gasteiger partial charge in [-0.05, 0) is 18.2 Å². The molecule has 2 rings (SSSR count). The van der Waals surface area contributed by atoms with Gasteiger partial charge >= 0.3 is 6.18 Å². The minimum Gasteiger partial charge on any atom is -0.396 e. The van der Waals surface area contributed by atoms with Crippen LogP contribution in [0.2, 0.25) is 0 Å². The fraction of sp³-hybridized carbons (Fsp3) is 0.0909. The molecule has 8 heteroatoms. The molecule has 2 aromatic rings. The van der Waals surface area contributed by atoms with Gasteiger partial charge in [0.15, 0.2) is 5.69 Å². The number of halogens is 3. The van der Waals surface area contributed by atoms with Crippen molar-refractivity contribution in [3.8, 4) is 5.69 Å². The molecule has 0 radical (unpaired) electrons. The number of para-hydroxylation sites is 1. The van der Waals surface area contributed by atoms with Crippen molar-refractivity contribution in [2.75, 3.05) is 5.73 Å². The van der Waals surface area contributed by atoms with Crippen molar-refractivity contribution in [3.63, 3.8) is 0 Å². The van der Waals surface area contributed by atoms with Gasteiger partial charge in [0, 0.05) is 6.20 Å². The first kappa shape index (κ1) is 12.9. The average Bonchev–Trinajstić information content (AvgIpc) is 2.77. The third-order valence-electron chi connectivity index (χ3n) is 2.47. The number of carbonyl (C=O) groups excluding carboxylic acids is 1. The highest BCUT2D eigenvalue weighted by molar-refractivity contribution is 5.99. The summed E-state index contributed by atoms with van der Waals surface area (Å²) in [6.07, 6.45) is -3.43. The van der Waals surface area contributed by atoms with Crippen LogP contribution in [0.4, 0.5) is 18.9 Å². The molecule has 0 aliphatic rings. The van der Waals surface area contributed by atoms with Gasteiger partial charge in [0.05, 0.1) is 16.9 Å². The Morgan fingerprint density at radius 1 is 1.26 bits per heavy atom. The van der Waals surface area contributed by atoms with Gasteiger partial charge in [0.25, 0.3) is 5.91 Å². The third kappa shape index (κ3) is 2.37. The van der Waals surface area contributed by atoms with E-state index in [1.807, 2.05) is 0 Å². The topological polar surface area (TPSA) is 86.9 Å². The number of carbonyl (C=O) groups is 1. The molecule has 19 heavy (non-hydrogen) atoms.